The summed E-state index contributed by atoms with van der Waals surface area (Å²) in [5, 5.41) is 8.72. The average Bonchev–Trinajstić information content (AvgIpc) is 3.17. The van der Waals surface area contributed by atoms with E-state index in [0.29, 0.717) is 56.2 Å². The Morgan fingerprint density at radius 1 is 1.15 bits per heavy atom. The molecule has 11 nitrogen and oxygen atoms in total. The molecular weight excluding hydrogens is 438 g/mol. The zero-order valence-corrected chi connectivity index (χ0v) is 19.1. The van der Waals surface area contributed by atoms with Crippen molar-refractivity contribution in [2.45, 2.75) is 26.2 Å². The molecule has 2 aliphatic heterocycles. The number of nitrogens with one attached hydrogen (secondary N) is 1. The van der Waals surface area contributed by atoms with E-state index in [1.165, 1.54) is 15.4 Å². The largest absolute Gasteiger partial charge is 0.378 e. The minimum Gasteiger partial charge on any atom is -0.378 e. The number of likely N-dealkylation sites (tertiary alicyclic amines) is 1. The third-order valence-corrected chi connectivity index (χ3v) is 7.69. The molecule has 3 aromatic rings. The Balaban J connectivity index is 1.14. The number of ether oxygens (including phenoxy) is 1. The molecular formula is C23H27N7O4. The fourth-order valence-electron chi connectivity index (χ4n) is 5.44. The van der Waals surface area contributed by atoms with Crippen LogP contribution in [-0.2, 0) is 9.53 Å². The van der Waals surface area contributed by atoms with Crippen LogP contribution in [0, 0.1) is 18.3 Å². The first-order chi connectivity index (χ1) is 16.5. The minimum absolute atomic E-state index is 0.0426. The number of H-pyrrole nitrogens is 1. The van der Waals surface area contributed by atoms with Gasteiger partial charge >= 0.3 is 0 Å². The van der Waals surface area contributed by atoms with E-state index >= 15 is 0 Å². The second-order valence-electron chi connectivity index (χ2n) is 9.52. The van der Waals surface area contributed by atoms with Crippen LogP contribution < -0.4 is 5.56 Å². The summed E-state index contributed by atoms with van der Waals surface area (Å²) in [5.41, 5.74) is 1.32. The van der Waals surface area contributed by atoms with Crippen LogP contribution in [0.25, 0.3) is 11.5 Å². The van der Waals surface area contributed by atoms with Crippen molar-refractivity contribution in [2.75, 3.05) is 39.4 Å². The molecule has 6 rings (SSSR count). The van der Waals surface area contributed by atoms with Gasteiger partial charge in [0.15, 0.2) is 0 Å². The first kappa shape index (κ1) is 21.1. The van der Waals surface area contributed by atoms with Crippen LogP contribution in [0.15, 0.2) is 29.3 Å². The lowest BCUT2D eigenvalue weighted by Gasteiger charge is -2.34. The summed E-state index contributed by atoms with van der Waals surface area (Å²) in [7, 11) is 0. The van der Waals surface area contributed by atoms with Crippen LogP contribution in [0.2, 0.25) is 0 Å². The molecule has 11 heteroatoms. The smallest absolute Gasteiger partial charge is 0.276 e. The molecule has 3 fully saturated rings. The number of hydrogen-bond donors (Lipinski definition) is 1. The Labute approximate surface area is 195 Å². The van der Waals surface area contributed by atoms with Gasteiger partial charge in [-0.1, -0.05) is 0 Å². The van der Waals surface area contributed by atoms with E-state index in [2.05, 4.69) is 15.2 Å². The summed E-state index contributed by atoms with van der Waals surface area (Å²) in [4.78, 5) is 45.0. The van der Waals surface area contributed by atoms with Gasteiger partial charge in [0.25, 0.3) is 11.5 Å². The standard InChI is InChI=1S/C23H27N7O4/c1-15-16(14-24-30(15)22-25-19(31)18-3-2-6-29(18)26-22)20(32)27-7-4-23(5-8-27)13-17(23)21(33)28-9-11-34-12-10-28/h2-3,6,14,17H,4-5,7-13H2,1H3,(H,25,26,31). The SMILES string of the molecule is Cc1c(C(=O)N2CCC3(CC2)CC3C(=O)N2CCOCC2)cnn1-c1nn2cccc2c(=O)[nH]1. The van der Waals surface area contributed by atoms with E-state index in [1.54, 1.807) is 25.3 Å². The van der Waals surface area contributed by atoms with E-state index in [-0.39, 0.29) is 34.7 Å². The number of aromatic nitrogens is 5. The van der Waals surface area contributed by atoms with Gasteiger partial charge in [-0.2, -0.15) is 5.10 Å². The summed E-state index contributed by atoms with van der Waals surface area (Å²) < 4.78 is 8.34. The zero-order chi connectivity index (χ0) is 23.4. The van der Waals surface area contributed by atoms with Gasteiger partial charge in [0.1, 0.15) is 5.52 Å². The monoisotopic (exact) mass is 465 g/mol. The highest BCUT2D eigenvalue weighted by molar-refractivity contribution is 5.95. The van der Waals surface area contributed by atoms with Crippen molar-refractivity contribution in [2.24, 2.45) is 11.3 Å². The lowest BCUT2D eigenvalue weighted by Crippen LogP contribution is -2.44. The van der Waals surface area contributed by atoms with Crippen LogP contribution in [-0.4, -0.2) is 85.4 Å². The summed E-state index contributed by atoms with van der Waals surface area (Å²) in [6.45, 7) is 5.63. The van der Waals surface area contributed by atoms with Crippen LogP contribution in [0.1, 0.15) is 35.3 Å². The number of hydrogen-bond acceptors (Lipinski definition) is 6. The molecule has 1 saturated carbocycles. The fraction of sp³-hybridized carbons (Fsp3) is 0.522. The Hall–Kier alpha value is -3.47. The highest BCUT2D eigenvalue weighted by atomic mass is 16.5. The maximum Gasteiger partial charge on any atom is 0.276 e. The summed E-state index contributed by atoms with van der Waals surface area (Å²) in [6.07, 6.45) is 5.82. The molecule has 0 aromatic carbocycles. The van der Waals surface area contributed by atoms with Gasteiger partial charge in [-0.25, -0.2) is 9.20 Å². The van der Waals surface area contributed by atoms with Gasteiger partial charge < -0.3 is 14.5 Å². The van der Waals surface area contributed by atoms with Gasteiger partial charge in [0, 0.05) is 38.3 Å². The predicted molar refractivity (Wildman–Crippen MR) is 121 cm³/mol. The molecule has 3 aromatic heterocycles. The van der Waals surface area contributed by atoms with Crippen molar-refractivity contribution in [3.05, 3.63) is 46.1 Å². The molecule has 1 atom stereocenters. The molecule has 2 amide bonds. The van der Waals surface area contributed by atoms with Gasteiger partial charge in [0.2, 0.25) is 11.9 Å². The normalized spacial score (nSPS) is 21.9. The van der Waals surface area contributed by atoms with Crippen LogP contribution >= 0.6 is 0 Å². The number of piperidine rings is 1. The number of morpholine rings is 1. The van der Waals surface area contributed by atoms with Crippen molar-refractivity contribution < 1.29 is 14.3 Å². The Kier molecular flexibility index (Phi) is 4.83. The van der Waals surface area contributed by atoms with Crippen LogP contribution in [0.3, 0.4) is 0 Å². The van der Waals surface area contributed by atoms with Crippen molar-refractivity contribution in [1.82, 2.24) is 34.2 Å². The summed E-state index contributed by atoms with van der Waals surface area (Å²) in [5.74, 6) is 0.505. The molecule has 0 bridgehead atoms. The topological polar surface area (TPSA) is 118 Å². The molecule has 1 aliphatic carbocycles. The van der Waals surface area contributed by atoms with Gasteiger partial charge in [0.05, 0.1) is 30.7 Å². The van der Waals surface area contributed by atoms with Crippen molar-refractivity contribution in [3.63, 3.8) is 0 Å². The second-order valence-corrected chi connectivity index (χ2v) is 9.52. The summed E-state index contributed by atoms with van der Waals surface area (Å²) in [6, 6.07) is 3.43. The van der Waals surface area contributed by atoms with Crippen LogP contribution in [0.5, 0.6) is 0 Å². The maximum atomic E-state index is 13.3. The Morgan fingerprint density at radius 3 is 2.68 bits per heavy atom. The zero-order valence-electron chi connectivity index (χ0n) is 19.1. The number of carbonyl (C=O) groups is 2. The lowest BCUT2D eigenvalue weighted by atomic mass is 9.90. The Bertz CT molecular complexity index is 1320. The molecule has 0 radical (unpaired) electrons. The van der Waals surface area contributed by atoms with Gasteiger partial charge in [-0.15, -0.1) is 5.10 Å². The van der Waals surface area contributed by atoms with Crippen molar-refractivity contribution in [1.29, 1.82) is 0 Å². The molecule has 1 N–H and O–H groups in total. The minimum atomic E-state index is -0.273. The molecule has 2 saturated heterocycles. The van der Waals surface area contributed by atoms with E-state index in [9.17, 15) is 14.4 Å². The molecule has 1 spiro atoms. The van der Waals surface area contributed by atoms with E-state index in [0.717, 1.165) is 19.3 Å². The lowest BCUT2D eigenvalue weighted by molar-refractivity contribution is -0.137. The average molecular weight is 466 g/mol. The third-order valence-electron chi connectivity index (χ3n) is 7.69. The first-order valence-electron chi connectivity index (χ1n) is 11.8. The quantitative estimate of drug-likeness (QED) is 0.606. The van der Waals surface area contributed by atoms with E-state index in [4.69, 9.17) is 4.74 Å². The molecule has 34 heavy (non-hydrogen) atoms. The Morgan fingerprint density at radius 2 is 1.91 bits per heavy atom. The number of nitrogens with zero attached hydrogens (tertiary/aromatic N) is 6. The van der Waals surface area contributed by atoms with Crippen molar-refractivity contribution in [3.8, 4) is 5.95 Å². The number of amides is 2. The molecule has 1 unspecified atom stereocenters. The third kappa shape index (κ3) is 3.33. The number of carbonyl (C=O) groups excluding carboxylic acids is 2. The number of aromatic amines is 1. The van der Waals surface area contributed by atoms with Gasteiger partial charge in [-0.05, 0) is 43.7 Å². The first-order valence-corrected chi connectivity index (χ1v) is 11.8. The maximum absolute atomic E-state index is 13.3. The molecule has 178 valence electrons. The van der Waals surface area contributed by atoms with Crippen LogP contribution in [0.4, 0.5) is 0 Å². The highest BCUT2D eigenvalue weighted by Crippen LogP contribution is 2.60. The van der Waals surface area contributed by atoms with E-state index < -0.39 is 0 Å². The number of fused-ring (bicyclic) bond motifs is 1. The predicted octanol–water partition coefficient (Wildman–Crippen LogP) is 0.618. The highest BCUT2D eigenvalue weighted by Gasteiger charge is 2.59. The van der Waals surface area contributed by atoms with Crippen molar-refractivity contribution >= 4 is 17.3 Å². The molecule has 3 aliphatic rings. The fourth-order valence-corrected chi connectivity index (χ4v) is 5.44. The summed E-state index contributed by atoms with van der Waals surface area (Å²) >= 11 is 0. The van der Waals surface area contributed by atoms with E-state index in [1.807, 2.05) is 9.80 Å². The van der Waals surface area contributed by atoms with Gasteiger partial charge in [-0.3, -0.25) is 19.4 Å². The molecule has 5 heterocycles. The second kappa shape index (κ2) is 7.79. The number of rotatable bonds is 3.